The van der Waals surface area contributed by atoms with Gasteiger partial charge < -0.3 is 5.11 Å². The molecule has 3 nitrogen and oxygen atoms in total. The van der Waals surface area contributed by atoms with E-state index >= 15 is 0 Å². The second kappa shape index (κ2) is 8.57. The van der Waals surface area contributed by atoms with E-state index < -0.39 is 5.97 Å². The Balaban J connectivity index is 4.14. The van der Waals surface area contributed by atoms with E-state index in [2.05, 4.69) is 25.7 Å². The summed E-state index contributed by atoms with van der Waals surface area (Å²) in [6.45, 7) is 10.0. The standard InChI is InChI=1S/C13H27NO2/c1-5-7-8-9-14(12(4)6-2)10-11(3)13(15)16/h11-12H,5-10H2,1-4H3,(H,15,16). The van der Waals surface area contributed by atoms with Gasteiger partial charge in [0.25, 0.3) is 0 Å². The number of unbranched alkanes of at least 4 members (excludes halogenated alkanes) is 2. The van der Waals surface area contributed by atoms with E-state index in [4.69, 9.17) is 5.11 Å². The number of nitrogens with zero attached hydrogens (tertiary/aromatic N) is 1. The summed E-state index contributed by atoms with van der Waals surface area (Å²) in [5.74, 6) is -0.959. The lowest BCUT2D eigenvalue weighted by atomic mass is 10.1. The van der Waals surface area contributed by atoms with Gasteiger partial charge in [-0.05, 0) is 26.3 Å². The zero-order chi connectivity index (χ0) is 12.6. The van der Waals surface area contributed by atoms with Crippen molar-refractivity contribution in [3.63, 3.8) is 0 Å². The van der Waals surface area contributed by atoms with Crippen LogP contribution < -0.4 is 0 Å². The van der Waals surface area contributed by atoms with Crippen molar-refractivity contribution in [2.45, 2.75) is 59.4 Å². The molecule has 0 bridgehead atoms. The van der Waals surface area contributed by atoms with Crippen molar-refractivity contribution >= 4 is 5.97 Å². The van der Waals surface area contributed by atoms with E-state index in [1.54, 1.807) is 6.92 Å². The predicted molar refractivity (Wildman–Crippen MR) is 67.7 cm³/mol. The van der Waals surface area contributed by atoms with Gasteiger partial charge in [-0.25, -0.2) is 0 Å². The maximum absolute atomic E-state index is 10.8. The minimum absolute atomic E-state index is 0.268. The maximum Gasteiger partial charge on any atom is 0.307 e. The van der Waals surface area contributed by atoms with Gasteiger partial charge in [0.05, 0.1) is 5.92 Å². The first-order valence-electron chi connectivity index (χ1n) is 6.49. The molecule has 0 rings (SSSR count). The fourth-order valence-electron chi connectivity index (χ4n) is 1.74. The van der Waals surface area contributed by atoms with E-state index in [1.807, 2.05) is 0 Å². The Hall–Kier alpha value is -0.570. The fraction of sp³-hybridized carbons (Fsp3) is 0.923. The van der Waals surface area contributed by atoms with Gasteiger partial charge in [-0.15, -0.1) is 0 Å². The van der Waals surface area contributed by atoms with Gasteiger partial charge in [-0.3, -0.25) is 9.69 Å². The van der Waals surface area contributed by atoms with Crippen molar-refractivity contribution in [3.05, 3.63) is 0 Å². The van der Waals surface area contributed by atoms with Crippen molar-refractivity contribution < 1.29 is 9.90 Å². The van der Waals surface area contributed by atoms with Gasteiger partial charge in [0.15, 0.2) is 0 Å². The number of hydrogen-bond acceptors (Lipinski definition) is 2. The highest BCUT2D eigenvalue weighted by molar-refractivity contribution is 5.69. The molecule has 0 radical (unpaired) electrons. The lowest BCUT2D eigenvalue weighted by Gasteiger charge is -2.29. The number of aliphatic carboxylic acids is 1. The van der Waals surface area contributed by atoms with Crippen LogP contribution in [0.3, 0.4) is 0 Å². The van der Waals surface area contributed by atoms with Gasteiger partial charge in [0.1, 0.15) is 0 Å². The third-order valence-electron chi connectivity index (χ3n) is 3.19. The summed E-state index contributed by atoms with van der Waals surface area (Å²) in [6.07, 6.45) is 4.70. The second-order valence-electron chi connectivity index (χ2n) is 4.70. The molecule has 0 heterocycles. The lowest BCUT2D eigenvalue weighted by Crippen LogP contribution is -2.38. The molecule has 16 heavy (non-hydrogen) atoms. The first kappa shape index (κ1) is 15.4. The van der Waals surface area contributed by atoms with Gasteiger partial charge in [-0.1, -0.05) is 33.6 Å². The molecule has 96 valence electrons. The molecule has 0 aliphatic rings. The zero-order valence-corrected chi connectivity index (χ0v) is 11.2. The summed E-state index contributed by atoms with van der Waals surface area (Å²) in [7, 11) is 0. The summed E-state index contributed by atoms with van der Waals surface area (Å²) in [5.41, 5.74) is 0. The average Bonchev–Trinajstić information content (AvgIpc) is 2.26. The van der Waals surface area contributed by atoms with E-state index in [9.17, 15) is 4.79 Å². The molecule has 0 aromatic heterocycles. The summed E-state index contributed by atoms with van der Waals surface area (Å²) in [6, 6.07) is 0.485. The molecule has 3 heteroatoms. The minimum atomic E-state index is -0.691. The largest absolute Gasteiger partial charge is 0.481 e. The Labute approximate surface area is 99.8 Å². The minimum Gasteiger partial charge on any atom is -0.481 e. The summed E-state index contributed by atoms with van der Waals surface area (Å²) in [5, 5.41) is 8.93. The predicted octanol–water partition coefficient (Wildman–Crippen LogP) is 3.00. The molecule has 0 amide bonds. The Bertz CT molecular complexity index is 194. The fourth-order valence-corrected chi connectivity index (χ4v) is 1.74. The van der Waals surface area contributed by atoms with Crippen molar-refractivity contribution in [1.82, 2.24) is 4.90 Å². The van der Waals surface area contributed by atoms with E-state index in [0.717, 1.165) is 13.0 Å². The Morgan fingerprint density at radius 1 is 1.25 bits per heavy atom. The van der Waals surface area contributed by atoms with Crippen LogP contribution in [-0.4, -0.2) is 35.1 Å². The maximum atomic E-state index is 10.8. The number of hydrogen-bond donors (Lipinski definition) is 1. The van der Waals surface area contributed by atoms with Crippen molar-refractivity contribution in [3.8, 4) is 0 Å². The van der Waals surface area contributed by atoms with Gasteiger partial charge in [0, 0.05) is 12.6 Å². The SMILES string of the molecule is CCCCCN(CC(C)C(=O)O)C(C)CC. The Morgan fingerprint density at radius 2 is 1.88 bits per heavy atom. The summed E-state index contributed by atoms with van der Waals surface area (Å²) >= 11 is 0. The van der Waals surface area contributed by atoms with Crippen LogP contribution in [0.5, 0.6) is 0 Å². The van der Waals surface area contributed by atoms with Crippen LogP contribution in [0.4, 0.5) is 0 Å². The first-order valence-corrected chi connectivity index (χ1v) is 6.49. The van der Waals surface area contributed by atoms with Crippen LogP contribution in [0.2, 0.25) is 0 Å². The number of carboxylic acids is 1. The molecule has 0 saturated heterocycles. The zero-order valence-electron chi connectivity index (χ0n) is 11.2. The monoisotopic (exact) mass is 229 g/mol. The number of carboxylic acid groups (broad SMARTS) is 1. The average molecular weight is 229 g/mol. The van der Waals surface area contributed by atoms with E-state index in [1.165, 1.54) is 19.3 Å². The van der Waals surface area contributed by atoms with E-state index in [0.29, 0.717) is 12.6 Å². The molecule has 0 spiro atoms. The molecule has 0 aliphatic heterocycles. The van der Waals surface area contributed by atoms with Crippen LogP contribution in [0.1, 0.15) is 53.4 Å². The molecule has 2 atom stereocenters. The van der Waals surface area contributed by atoms with Crippen LogP contribution in [0.15, 0.2) is 0 Å². The molecule has 0 aliphatic carbocycles. The van der Waals surface area contributed by atoms with Gasteiger partial charge in [-0.2, -0.15) is 0 Å². The molecule has 2 unspecified atom stereocenters. The van der Waals surface area contributed by atoms with Crippen LogP contribution in [0.25, 0.3) is 0 Å². The molecule has 0 aromatic rings. The molecule has 0 saturated carbocycles. The topological polar surface area (TPSA) is 40.5 Å². The summed E-state index contributed by atoms with van der Waals surface area (Å²) in [4.78, 5) is 13.2. The molecule has 1 N–H and O–H groups in total. The molecule has 0 aromatic carbocycles. The first-order chi connectivity index (χ1) is 7.52. The van der Waals surface area contributed by atoms with Crippen molar-refractivity contribution in [2.24, 2.45) is 5.92 Å². The highest BCUT2D eigenvalue weighted by atomic mass is 16.4. The highest BCUT2D eigenvalue weighted by Crippen LogP contribution is 2.10. The smallest absolute Gasteiger partial charge is 0.307 e. The third kappa shape index (κ3) is 6.11. The van der Waals surface area contributed by atoms with E-state index in [-0.39, 0.29) is 5.92 Å². The van der Waals surface area contributed by atoms with Crippen molar-refractivity contribution in [1.29, 1.82) is 0 Å². The second-order valence-corrected chi connectivity index (χ2v) is 4.70. The number of rotatable bonds is 9. The Morgan fingerprint density at radius 3 is 2.31 bits per heavy atom. The van der Waals surface area contributed by atoms with Crippen LogP contribution in [0, 0.1) is 5.92 Å². The molecular formula is C13H27NO2. The lowest BCUT2D eigenvalue weighted by molar-refractivity contribution is -0.141. The van der Waals surface area contributed by atoms with Gasteiger partial charge in [0.2, 0.25) is 0 Å². The van der Waals surface area contributed by atoms with Crippen LogP contribution >= 0.6 is 0 Å². The highest BCUT2D eigenvalue weighted by Gasteiger charge is 2.18. The quantitative estimate of drug-likeness (QED) is 0.618. The Kier molecular flexibility index (Phi) is 8.26. The van der Waals surface area contributed by atoms with Crippen molar-refractivity contribution in [2.75, 3.05) is 13.1 Å². The van der Waals surface area contributed by atoms with Crippen LogP contribution in [-0.2, 0) is 4.79 Å². The normalized spacial score (nSPS) is 15.1. The molecule has 0 fully saturated rings. The molecular weight excluding hydrogens is 202 g/mol. The summed E-state index contributed by atoms with van der Waals surface area (Å²) < 4.78 is 0. The number of carbonyl (C=O) groups is 1. The van der Waals surface area contributed by atoms with Gasteiger partial charge >= 0.3 is 5.97 Å². The third-order valence-corrected chi connectivity index (χ3v) is 3.19.